The number of amides is 1. The molecule has 2 unspecified atom stereocenters. The highest BCUT2D eigenvalue weighted by molar-refractivity contribution is 5.92. The van der Waals surface area contributed by atoms with Crippen LogP contribution in [0.1, 0.15) is 31.2 Å². The normalized spacial score (nSPS) is 21.2. The molecule has 1 aliphatic rings. The Labute approximate surface area is 145 Å². The van der Waals surface area contributed by atoms with E-state index in [2.05, 4.69) is 5.32 Å². The van der Waals surface area contributed by atoms with Crippen molar-refractivity contribution in [3.63, 3.8) is 0 Å². The monoisotopic (exact) mass is 357 g/mol. The van der Waals surface area contributed by atoms with E-state index < -0.39 is 24.0 Å². The molecule has 0 aromatic heterocycles. The fraction of sp³-hybridized carbons (Fsp3) is 0.500. The molecule has 2 atom stereocenters. The zero-order chi connectivity index (χ0) is 18.4. The van der Waals surface area contributed by atoms with Gasteiger partial charge in [0.05, 0.1) is 20.1 Å². The molecule has 0 bridgehead atoms. The van der Waals surface area contributed by atoms with Gasteiger partial charge in [0.1, 0.15) is 11.5 Å². The number of halogens is 3. The van der Waals surface area contributed by atoms with E-state index in [-0.39, 0.29) is 6.42 Å². The fourth-order valence-electron chi connectivity index (χ4n) is 3.02. The number of benzene rings is 1. The number of methoxy groups -OCH3 is 2. The van der Waals surface area contributed by atoms with Crippen molar-refractivity contribution in [3.05, 3.63) is 29.8 Å². The molecule has 1 N–H and O–H groups in total. The van der Waals surface area contributed by atoms with Gasteiger partial charge in [0.15, 0.2) is 0 Å². The molecule has 0 aliphatic heterocycles. The molecule has 1 aliphatic carbocycles. The Morgan fingerprint density at radius 1 is 1.12 bits per heavy atom. The van der Waals surface area contributed by atoms with Gasteiger partial charge < -0.3 is 14.8 Å². The Morgan fingerprint density at radius 2 is 1.72 bits per heavy atom. The Hall–Kier alpha value is -2.18. The zero-order valence-electron chi connectivity index (χ0n) is 14.2. The molecule has 4 nitrogen and oxygen atoms in total. The van der Waals surface area contributed by atoms with Crippen molar-refractivity contribution in [2.75, 3.05) is 14.2 Å². The summed E-state index contributed by atoms with van der Waals surface area (Å²) in [5.74, 6) is -0.897. The highest BCUT2D eigenvalue weighted by Crippen LogP contribution is 2.37. The third-order valence-corrected chi connectivity index (χ3v) is 4.31. The van der Waals surface area contributed by atoms with Crippen LogP contribution in [0.15, 0.2) is 24.3 Å². The van der Waals surface area contributed by atoms with Gasteiger partial charge in [0.25, 0.3) is 0 Å². The minimum Gasteiger partial charge on any atom is -0.497 e. The number of nitrogens with one attached hydrogen (secondary N) is 1. The van der Waals surface area contributed by atoms with Crippen molar-refractivity contribution < 1.29 is 27.4 Å². The lowest BCUT2D eigenvalue weighted by Gasteiger charge is -2.33. The number of carbonyl (C=O) groups excluding carboxylic acids is 1. The van der Waals surface area contributed by atoms with Gasteiger partial charge in [0, 0.05) is 18.2 Å². The highest BCUT2D eigenvalue weighted by Gasteiger charge is 2.45. The zero-order valence-corrected chi connectivity index (χ0v) is 14.2. The number of rotatable bonds is 5. The van der Waals surface area contributed by atoms with Crippen LogP contribution in [0.25, 0.3) is 6.08 Å². The molecule has 2 rings (SSSR count). The summed E-state index contributed by atoms with van der Waals surface area (Å²) < 4.78 is 49.5. The minimum absolute atomic E-state index is 0.0608. The lowest BCUT2D eigenvalue weighted by Crippen LogP contribution is -2.47. The number of carbonyl (C=O) groups is 1. The van der Waals surface area contributed by atoms with E-state index in [0.29, 0.717) is 36.3 Å². The summed E-state index contributed by atoms with van der Waals surface area (Å²) >= 11 is 0. The topological polar surface area (TPSA) is 47.6 Å². The lowest BCUT2D eigenvalue weighted by molar-refractivity contribution is -0.188. The smallest absolute Gasteiger partial charge is 0.393 e. The van der Waals surface area contributed by atoms with Crippen molar-refractivity contribution in [1.29, 1.82) is 0 Å². The maximum atomic E-state index is 13.1. The predicted molar refractivity (Wildman–Crippen MR) is 88.5 cm³/mol. The lowest BCUT2D eigenvalue weighted by atomic mass is 9.84. The van der Waals surface area contributed by atoms with Gasteiger partial charge in [-0.3, -0.25) is 4.79 Å². The molecular weight excluding hydrogens is 335 g/mol. The van der Waals surface area contributed by atoms with Crippen LogP contribution in [-0.2, 0) is 4.79 Å². The predicted octanol–water partition coefficient (Wildman–Crippen LogP) is 3.95. The largest absolute Gasteiger partial charge is 0.497 e. The molecule has 1 aromatic rings. The SMILES string of the molecule is COc1cc(/C=C/C(=O)NC2CCCCC2C(F)(F)F)cc(OC)c1. The first-order valence-corrected chi connectivity index (χ1v) is 8.12. The first-order chi connectivity index (χ1) is 11.8. The minimum atomic E-state index is -4.29. The van der Waals surface area contributed by atoms with E-state index in [1.165, 1.54) is 26.4 Å². The molecule has 25 heavy (non-hydrogen) atoms. The quantitative estimate of drug-likeness (QED) is 0.812. The van der Waals surface area contributed by atoms with E-state index in [0.717, 1.165) is 0 Å². The summed E-state index contributed by atoms with van der Waals surface area (Å²) in [6, 6.07) is 4.22. The summed E-state index contributed by atoms with van der Waals surface area (Å²) in [5, 5.41) is 2.49. The number of hydrogen-bond donors (Lipinski definition) is 1. The van der Waals surface area contributed by atoms with Gasteiger partial charge in [-0.1, -0.05) is 12.8 Å². The Balaban J connectivity index is 2.05. The number of hydrogen-bond acceptors (Lipinski definition) is 3. The van der Waals surface area contributed by atoms with Crippen molar-refractivity contribution >= 4 is 12.0 Å². The third kappa shape index (κ3) is 5.41. The molecule has 1 amide bonds. The van der Waals surface area contributed by atoms with Crippen molar-refractivity contribution in [3.8, 4) is 11.5 Å². The van der Waals surface area contributed by atoms with Gasteiger partial charge in [-0.05, 0) is 36.6 Å². The van der Waals surface area contributed by atoms with Gasteiger partial charge >= 0.3 is 6.18 Å². The molecule has 1 saturated carbocycles. The third-order valence-electron chi connectivity index (χ3n) is 4.31. The van der Waals surface area contributed by atoms with Crippen LogP contribution in [-0.4, -0.2) is 32.3 Å². The maximum Gasteiger partial charge on any atom is 0.393 e. The summed E-state index contributed by atoms with van der Waals surface area (Å²) in [6.07, 6.45) is 0.0938. The molecule has 1 fully saturated rings. The highest BCUT2D eigenvalue weighted by atomic mass is 19.4. The van der Waals surface area contributed by atoms with Crippen LogP contribution in [0.5, 0.6) is 11.5 Å². The average molecular weight is 357 g/mol. The van der Waals surface area contributed by atoms with E-state index in [9.17, 15) is 18.0 Å². The molecular formula is C18H22F3NO3. The second-order valence-electron chi connectivity index (χ2n) is 6.03. The second-order valence-corrected chi connectivity index (χ2v) is 6.03. The summed E-state index contributed by atoms with van der Waals surface area (Å²) in [4.78, 5) is 12.0. The van der Waals surface area contributed by atoms with Crippen LogP contribution >= 0.6 is 0 Å². The molecule has 138 valence electrons. The molecule has 0 spiro atoms. The standard InChI is InChI=1S/C18H22F3NO3/c1-24-13-9-12(10-14(11-13)25-2)7-8-17(23)22-16-6-4-3-5-15(16)18(19,20)21/h7-11,15-16H,3-6H2,1-2H3,(H,22,23)/b8-7+. The van der Waals surface area contributed by atoms with E-state index in [4.69, 9.17) is 9.47 Å². The van der Waals surface area contributed by atoms with Crippen LogP contribution in [0.3, 0.4) is 0 Å². The van der Waals surface area contributed by atoms with E-state index in [1.54, 1.807) is 18.2 Å². The summed E-state index contributed by atoms with van der Waals surface area (Å²) in [6.45, 7) is 0. The van der Waals surface area contributed by atoms with Crippen molar-refractivity contribution in [2.45, 2.75) is 37.9 Å². The van der Waals surface area contributed by atoms with Crippen molar-refractivity contribution in [1.82, 2.24) is 5.32 Å². The Kier molecular flexibility index (Phi) is 6.33. The summed E-state index contributed by atoms with van der Waals surface area (Å²) in [7, 11) is 3.02. The number of ether oxygens (including phenoxy) is 2. The van der Waals surface area contributed by atoms with E-state index in [1.807, 2.05) is 0 Å². The first kappa shape index (κ1) is 19.1. The number of alkyl halides is 3. The Morgan fingerprint density at radius 3 is 2.28 bits per heavy atom. The van der Waals surface area contributed by atoms with Crippen LogP contribution in [0, 0.1) is 5.92 Å². The second kappa shape index (κ2) is 8.27. The first-order valence-electron chi connectivity index (χ1n) is 8.12. The van der Waals surface area contributed by atoms with Crippen molar-refractivity contribution in [2.24, 2.45) is 5.92 Å². The van der Waals surface area contributed by atoms with Gasteiger partial charge in [0.2, 0.25) is 5.91 Å². The van der Waals surface area contributed by atoms with Gasteiger partial charge in [-0.2, -0.15) is 13.2 Å². The van der Waals surface area contributed by atoms with E-state index >= 15 is 0 Å². The van der Waals surface area contributed by atoms with Crippen LogP contribution < -0.4 is 14.8 Å². The van der Waals surface area contributed by atoms with Crippen LogP contribution in [0.4, 0.5) is 13.2 Å². The molecule has 0 radical (unpaired) electrons. The molecule has 1 aromatic carbocycles. The summed E-state index contributed by atoms with van der Waals surface area (Å²) in [5.41, 5.74) is 0.655. The fourth-order valence-corrected chi connectivity index (χ4v) is 3.02. The van der Waals surface area contributed by atoms with Gasteiger partial charge in [-0.25, -0.2) is 0 Å². The van der Waals surface area contributed by atoms with Crippen LogP contribution in [0.2, 0.25) is 0 Å². The average Bonchev–Trinajstić information content (AvgIpc) is 2.59. The van der Waals surface area contributed by atoms with Gasteiger partial charge in [-0.15, -0.1) is 0 Å². The Bertz CT molecular complexity index is 606. The molecule has 0 saturated heterocycles. The maximum absolute atomic E-state index is 13.1. The molecule has 7 heteroatoms. The molecule has 0 heterocycles.